The molecule has 0 aliphatic carbocycles. The van der Waals surface area contributed by atoms with E-state index in [2.05, 4.69) is 37.9 Å². The Balaban J connectivity index is 2.60. The van der Waals surface area contributed by atoms with Crippen LogP contribution in [0.1, 0.15) is 27.7 Å². The van der Waals surface area contributed by atoms with Gasteiger partial charge in [-0.3, -0.25) is 0 Å². The number of ether oxygens (including phenoxy) is 1. The third kappa shape index (κ3) is 2.82. The van der Waals surface area contributed by atoms with Crippen LogP contribution in [0.15, 0.2) is 0 Å². The third-order valence-corrected chi connectivity index (χ3v) is 2.64. The lowest BCUT2D eigenvalue weighted by molar-refractivity contribution is -0.0154. The molecule has 1 saturated heterocycles. The van der Waals surface area contributed by atoms with E-state index in [0.717, 1.165) is 24.9 Å². The predicted octanol–water partition coefficient (Wildman–Crippen LogP) is 1.38. The Morgan fingerprint density at radius 2 is 2.14 bits per heavy atom. The zero-order chi connectivity index (χ0) is 10.8. The Morgan fingerprint density at radius 1 is 1.50 bits per heavy atom. The molecule has 0 atom stereocenters. The molecular formula is C10H20N2OS. The SMILES string of the molecule is CC(C)NC(=S)N1CCOCC1(C)C. The number of rotatable bonds is 1. The number of nitrogens with zero attached hydrogens (tertiary/aromatic N) is 1. The average Bonchev–Trinajstić information content (AvgIpc) is 2.01. The van der Waals surface area contributed by atoms with Crippen molar-refractivity contribution in [2.45, 2.75) is 39.3 Å². The standard InChI is InChI=1S/C10H20N2OS/c1-8(2)11-9(14)12-5-6-13-7-10(12,3)4/h8H,5-7H2,1-4H3,(H,11,14). The van der Waals surface area contributed by atoms with Crippen molar-refractivity contribution in [2.24, 2.45) is 0 Å². The highest BCUT2D eigenvalue weighted by atomic mass is 32.1. The molecule has 1 fully saturated rings. The molecule has 4 heteroatoms. The van der Waals surface area contributed by atoms with E-state index in [1.807, 2.05) is 0 Å². The van der Waals surface area contributed by atoms with Crippen molar-refractivity contribution in [3.63, 3.8) is 0 Å². The molecule has 0 amide bonds. The van der Waals surface area contributed by atoms with Gasteiger partial charge in [-0.05, 0) is 39.9 Å². The Morgan fingerprint density at radius 3 is 2.64 bits per heavy atom. The fourth-order valence-electron chi connectivity index (χ4n) is 1.56. The van der Waals surface area contributed by atoms with Gasteiger partial charge >= 0.3 is 0 Å². The molecule has 0 aromatic rings. The zero-order valence-corrected chi connectivity index (χ0v) is 10.3. The van der Waals surface area contributed by atoms with Crippen LogP contribution in [0, 0.1) is 0 Å². The summed E-state index contributed by atoms with van der Waals surface area (Å²) in [7, 11) is 0. The first-order valence-corrected chi connectivity index (χ1v) is 5.50. The molecular weight excluding hydrogens is 196 g/mol. The quantitative estimate of drug-likeness (QED) is 0.669. The second-order valence-electron chi connectivity index (χ2n) is 4.62. The summed E-state index contributed by atoms with van der Waals surface area (Å²) in [5.74, 6) is 0. The van der Waals surface area contributed by atoms with Crippen molar-refractivity contribution < 1.29 is 4.74 Å². The van der Waals surface area contributed by atoms with Crippen LogP contribution in [0.5, 0.6) is 0 Å². The highest BCUT2D eigenvalue weighted by Gasteiger charge is 2.32. The molecule has 14 heavy (non-hydrogen) atoms. The van der Waals surface area contributed by atoms with Crippen LogP contribution >= 0.6 is 12.2 Å². The van der Waals surface area contributed by atoms with Crippen LogP contribution in [0.4, 0.5) is 0 Å². The van der Waals surface area contributed by atoms with Gasteiger partial charge < -0.3 is 15.0 Å². The second kappa shape index (κ2) is 4.45. The molecule has 0 bridgehead atoms. The summed E-state index contributed by atoms with van der Waals surface area (Å²) >= 11 is 5.36. The summed E-state index contributed by atoms with van der Waals surface area (Å²) in [6, 6.07) is 0.390. The molecule has 82 valence electrons. The van der Waals surface area contributed by atoms with Crippen molar-refractivity contribution in [2.75, 3.05) is 19.8 Å². The number of morpholine rings is 1. The van der Waals surface area contributed by atoms with Crippen LogP contribution in [-0.4, -0.2) is 41.4 Å². The minimum absolute atomic E-state index is 0.0111. The molecule has 3 nitrogen and oxygen atoms in total. The summed E-state index contributed by atoms with van der Waals surface area (Å²) in [5.41, 5.74) is 0.0111. The van der Waals surface area contributed by atoms with Crippen LogP contribution in [-0.2, 0) is 4.74 Å². The van der Waals surface area contributed by atoms with E-state index >= 15 is 0 Å². The molecule has 1 N–H and O–H groups in total. The number of hydrogen-bond acceptors (Lipinski definition) is 2. The average molecular weight is 216 g/mol. The van der Waals surface area contributed by atoms with Gasteiger partial charge in [0.15, 0.2) is 5.11 Å². The largest absolute Gasteiger partial charge is 0.377 e. The monoisotopic (exact) mass is 216 g/mol. The molecule has 1 rings (SSSR count). The normalized spacial score (nSPS) is 21.1. The Hall–Kier alpha value is -0.350. The van der Waals surface area contributed by atoms with E-state index in [1.54, 1.807) is 0 Å². The summed E-state index contributed by atoms with van der Waals surface area (Å²) in [5, 5.41) is 4.11. The maximum absolute atomic E-state index is 5.44. The molecule has 1 aliphatic rings. The highest BCUT2D eigenvalue weighted by Crippen LogP contribution is 2.18. The van der Waals surface area contributed by atoms with Gasteiger partial charge in [-0.1, -0.05) is 0 Å². The van der Waals surface area contributed by atoms with Crippen molar-refractivity contribution in [1.82, 2.24) is 10.2 Å². The van der Waals surface area contributed by atoms with Crippen LogP contribution < -0.4 is 5.32 Å². The van der Waals surface area contributed by atoms with E-state index in [9.17, 15) is 0 Å². The fourth-order valence-corrected chi connectivity index (χ4v) is 2.13. The lowest BCUT2D eigenvalue weighted by atomic mass is 10.0. The molecule has 0 spiro atoms. The number of hydrogen-bond donors (Lipinski definition) is 1. The first kappa shape index (κ1) is 11.7. The van der Waals surface area contributed by atoms with Crippen molar-refractivity contribution in [3.05, 3.63) is 0 Å². The van der Waals surface area contributed by atoms with E-state index in [4.69, 9.17) is 17.0 Å². The molecule has 0 saturated carbocycles. The van der Waals surface area contributed by atoms with Gasteiger partial charge in [0, 0.05) is 12.6 Å². The van der Waals surface area contributed by atoms with Gasteiger partial charge in [0.2, 0.25) is 0 Å². The van der Waals surface area contributed by atoms with Crippen molar-refractivity contribution in [1.29, 1.82) is 0 Å². The van der Waals surface area contributed by atoms with Crippen LogP contribution in [0.2, 0.25) is 0 Å². The minimum Gasteiger partial charge on any atom is -0.377 e. The smallest absolute Gasteiger partial charge is 0.169 e. The van der Waals surface area contributed by atoms with E-state index < -0.39 is 0 Å². The fraction of sp³-hybridized carbons (Fsp3) is 0.900. The van der Waals surface area contributed by atoms with Crippen LogP contribution in [0.3, 0.4) is 0 Å². The summed E-state index contributed by atoms with van der Waals surface area (Å²) < 4.78 is 5.44. The molecule has 1 aliphatic heterocycles. The Labute approximate surface area is 91.8 Å². The molecule has 0 radical (unpaired) electrons. The number of thiocarbonyl (C=S) groups is 1. The maximum Gasteiger partial charge on any atom is 0.169 e. The molecule has 0 aromatic heterocycles. The number of nitrogens with one attached hydrogen (secondary N) is 1. The first-order valence-electron chi connectivity index (χ1n) is 5.09. The second-order valence-corrected chi connectivity index (χ2v) is 5.01. The van der Waals surface area contributed by atoms with Gasteiger partial charge in [0.05, 0.1) is 18.8 Å². The van der Waals surface area contributed by atoms with Gasteiger partial charge in [-0.15, -0.1) is 0 Å². The highest BCUT2D eigenvalue weighted by molar-refractivity contribution is 7.80. The molecule has 0 aromatic carbocycles. The van der Waals surface area contributed by atoms with Crippen LogP contribution in [0.25, 0.3) is 0 Å². The first-order chi connectivity index (χ1) is 6.43. The van der Waals surface area contributed by atoms with Crippen molar-refractivity contribution in [3.8, 4) is 0 Å². The maximum atomic E-state index is 5.44. The summed E-state index contributed by atoms with van der Waals surface area (Å²) in [4.78, 5) is 2.21. The van der Waals surface area contributed by atoms with Gasteiger partial charge in [0.1, 0.15) is 0 Å². The molecule has 0 unspecified atom stereocenters. The predicted molar refractivity (Wildman–Crippen MR) is 62.5 cm³/mol. The summed E-state index contributed by atoms with van der Waals surface area (Å²) in [6.45, 7) is 10.9. The lowest BCUT2D eigenvalue weighted by Crippen LogP contribution is -2.59. The Kier molecular flexibility index (Phi) is 3.72. The van der Waals surface area contributed by atoms with E-state index in [-0.39, 0.29) is 5.54 Å². The van der Waals surface area contributed by atoms with E-state index in [0.29, 0.717) is 6.04 Å². The lowest BCUT2D eigenvalue weighted by Gasteiger charge is -2.44. The summed E-state index contributed by atoms with van der Waals surface area (Å²) in [6.07, 6.45) is 0. The zero-order valence-electron chi connectivity index (χ0n) is 9.46. The van der Waals surface area contributed by atoms with Gasteiger partial charge in [-0.2, -0.15) is 0 Å². The van der Waals surface area contributed by atoms with Crippen molar-refractivity contribution >= 4 is 17.3 Å². The van der Waals surface area contributed by atoms with Gasteiger partial charge in [-0.25, -0.2) is 0 Å². The van der Waals surface area contributed by atoms with Gasteiger partial charge in [0.25, 0.3) is 0 Å². The topological polar surface area (TPSA) is 24.5 Å². The molecule has 1 heterocycles. The third-order valence-electron chi connectivity index (χ3n) is 2.30. The minimum atomic E-state index is 0.0111. The van der Waals surface area contributed by atoms with E-state index in [1.165, 1.54) is 0 Å². The Bertz CT molecular complexity index is 216.